The van der Waals surface area contributed by atoms with Gasteiger partial charge < -0.3 is 10.4 Å². The molecule has 0 radical (unpaired) electrons. The summed E-state index contributed by atoms with van der Waals surface area (Å²) in [5.41, 5.74) is 1.08. The maximum Gasteiger partial charge on any atom is 0.354 e. The lowest BCUT2D eigenvalue weighted by Crippen LogP contribution is -2.13. The van der Waals surface area contributed by atoms with Gasteiger partial charge in [0, 0.05) is 7.05 Å². The fourth-order valence-corrected chi connectivity index (χ4v) is 1.80. The Balaban J connectivity index is 2.27. The van der Waals surface area contributed by atoms with Crippen LogP contribution in [0, 0.1) is 0 Å². The fourth-order valence-electron chi connectivity index (χ4n) is 1.80. The summed E-state index contributed by atoms with van der Waals surface area (Å²) < 4.78 is 1.41. The van der Waals surface area contributed by atoms with E-state index in [2.05, 4.69) is 10.4 Å². The number of nitrogens with zero attached hydrogens (tertiary/aromatic N) is 2. The third-order valence-electron chi connectivity index (χ3n) is 2.54. The van der Waals surface area contributed by atoms with Gasteiger partial charge >= 0.3 is 5.97 Å². The summed E-state index contributed by atoms with van der Waals surface area (Å²) in [5, 5.41) is 16.3. The van der Waals surface area contributed by atoms with Crippen molar-refractivity contribution in [2.75, 3.05) is 6.54 Å². The van der Waals surface area contributed by atoms with E-state index in [0.29, 0.717) is 0 Å². The predicted octanol–water partition coefficient (Wildman–Crippen LogP) is 0.543. The molecule has 0 amide bonds. The third-order valence-corrected chi connectivity index (χ3v) is 2.54. The van der Waals surface area contributed by atoms with Crippen LogP contribution in [-0.4, -0.2) is 27.4 Å². The van der Waals surface area contributed by atoms with Crippen molar-refractivity contribution < 1.29 is 9.90 Å². The van der Waals surface area contributed by atoms with E-state index in [-0.39, 0.29) is 11.7 Å². The second-order valence-corrected chi connectivity index (χ2v) is 3.53. The number of nitrogens with one attached hydrogen (secondary N) is 1. The number of carbonyl (C=O) groups is 1. The first-order valence-electron chi connectivity index (χ1n) is 4.69. The van der Waals surface area contributed by atoms with Crippen LogP contribution < -0.4 is 5.32 Å². The summed E-state index contributed by atoms with van der Waals surface area (Å²) in [6.07, 6.45) is 2.17. The van der Waals surface area contributed by atoms with Crippen molar-refractivity contribution in [3.63, 3.8) is 0 Å². The Labute approximate surface area is 81.7 Å². The molecule has 76 valence electrons. The summed E-state index contributed by atoms with van der Waals surface area (Å²) >= 11 is 0. The van der Waals surface area contributed by atoms with Crippen LogP contribution in [0.2, 0.25) is 0 Å². The summed E-state index contributed by atoms with van der Waals surface area (Å²) in [6, 6.07) is 1.87. The number of carboxylic acid groups (broad SMARTS) is 1. The first kappa shape index (κ1) is 9.21. The molecule has 0 aliphatic carbocycles. The molecule has 2 heterocycles. The molecule has 0 spiro atoms. The molecule has 5 heteroatoms. The summed E-state index contributed by atoms with van der Waals surface area (Å²) in [4.78, 5) is 10.8. The molecular formula is C9H13N3O2. The highest BCUT2D eigenvalue weighted by Gasteiger charge is 2.21. The van der Waals surface area contributed by atoms with Crippen LogP contribution in [0.25, 0.3) is 0 Å². The smallest absolute Gasteiger partial charge is 0.354 e. The average Bonchev–Trinajstić information content (AvgIpc) is 2.70. The predicted molar refractivity (Wildman–Crippen MR) is 50.1 cm³/mol. The molecule has 1 aliphatic heterocycles. The van der Waals surface area contributed by atoms with Crippen LogP contribution >= 0.6 is 0 Å². The van der Waals surface area contributed by atoms with Crippen molar-refractivity contribution in [1.82, 2.24) is 15.1 Å². The van der Waals surface area contributed by atoms with Gasteiger partial charge in [-0.1, -0.05) is 0 Å². The summed E-state index contributed by atoms with van der Waals surface area (Å²) in [6.45, 7) is 0.990. The first-order valence-corrected chi connectivity index (χ1v) is 4.69. The van der Waals surface area contributed by atoms with Gasteiger partial charge in [0.25, 0.3) is 0 Å². The summed E-state index contributed by atoms with van der Waals surface area (Å²) in [5.74, 6) is -0.927. The zero-order valence-corrected chi connectivity index (χ0v) is 8.03. The molecule has 2 rings (SSSR count). The van der Waals surface area contributed by atoms with Crippen molar-refractivity contribution in [3.05, 3.63) is 17.5 Å². The Morgan fingerprint density at radius 2 is 2.57 bits per heavy atom. The highest BCUT2D eigenvalue weighted by Crippen LogP contribution is 2.22. The number of rotatable bonds is 2. The van der Waals surface area contributed by atoms with E-state index in [1.54, 1.807) is 13.1 Å². The number of carboxylic acids is 1. The second kappa shape index (κ2) is 3.42. The normalized spacial score (nSPS) is 21.4. The van der Waals surface area contributed by atoms with E-state index >= 15 is 0 Å². The Morgan fingerprint density at radius 1 is 1.79 bits per heavy atom. The van der Waals surface area contributed by atoms with Gasteiger partial charge in [-0.2, -0.15) is 5.10 Å². The lowest BCUT2D eigenvalue weighted by molar-refractivity contribution is 0.0685. The molecule has 0 saturated carbocycles. The van der Waals surface area contributed by atoms with Gasteiger partial charge in [-0.25, -0.2) is 4.79 Å². The van der Waals surface area contributed by atoms with Gasteiger partial charge in [-0.3, -0.25) is 4.68 Å². The first-order chi connectivity index (χ1) is 6.68. The number of aromatic nitrogens is 2. The van der Waals surface area contributed by atoms with E-state index in [9.17, 15) is 4.79 Å². The second-order valence-electron chi connectivity index (χ2n) is 3.53. The molecule has 1 saturated heterocycles. The maximum atomic E-state index is 10.8. The van der Waals surface area contributed by atoms with Crippen LogP contribution in [0.1, 0.15) is 35.1 Å². The van der Waals surface area contributed by atoms with E-state index in [4.69, 9.17) is 5.11 Å². The van der Waals surface area contributed by atoms with Gasteiger partial charge in [0.15, 0.2) is 0 Å². The Hall–Kier alpha value is -1.36. The van der Waals surface area contributed by atoms with Gasteiger partial charge in [0.05, 0.1) is 11.7 Å². The molecule has 1 atom stereocenters. The SMILES string of the molecule is Cn1nc(C2CCCN2)cc1C(=O)O. The maximum absolute atomic E-state index is 10.8. The minimum Gasteiger partial charge on any atom is -0.477 e. The van der Waals surface area contributed by atoms with Gasteiger partial charge in [-0.05, 0) is 25.5 Å². The zero-order valence-electron chi connectivity index (χ0n) is 8.03. The Kier molecular flexibility index (Phi) is 2.25. The molecule has 2 N–H and O–H groups in total. The number of hydrogen-bond donors (Lipinski definition) is 2. The fraction of sp³-hybridized carbons (Fsp3) is 0.556. The molecule has 14 heavy (non-hydrogen) atoms. The Morgan fingerprint density at radius 3 is 3.07 bits per heavy atom. The van der Waals surface area contributed by atoms with Crippen LogP contribution in [0.4, 0.5) is 0 Å². The minimum absolute atomic E-state index is 0.231. The molecule has 1 aromatic rings. The van der Waals surface area contributed by atoms with E-state index in [1.165, 1.54) is 4.68 Å². The minimum atomic E-state index is -0.927. The lowest BCUT2D eigenvalue weighted by Gasteiger charge is -2.04. The topological polar surface area (TPSA) is 67.2 Å². The molecule has 1 fully saturated rings. The van der Waals surface area contributed by atoms with Crippen molar-refractivity contribution in [2.24, 2.45) is 7.05 Å². The quantitative estimate of drug-likeness (QED) is 0.723. The molecule has 0 bridgehead atoms. The number of hydrogen-bond acceptors (Lipinski definition) is 3. The molecule has 5 nitrogen and oxygen atoms in total. The highest BCUT2D eigenvalue weighted by atomic mass is 16.4. The van der Waals surface area contributed by atoms with E-state index < -0.39 is 5.97 Å². The van der Waals surface area contributed by atoms with Gasteiger partial charge in [0.2, 0.25) is 0 Å². The van der Waals surface area contributed by atoms with Crippen molar-refractivity contribution in [1.29, 1.82) is 0 Å². The molecule has 0 aromatic carbocycles. The molecule has 1 unspecified atom stereocenters. The third kappa shape index (κ3) is 1.50. The van der Waals surface area contributed by atoms with Crippen molar-refractivity contribution in [3.8, 4) is 0 Å². The van der Waals surface area contributed by atoms with Crippen LogP contribution in [0.5, 0.6) is 0 Å². The molecule has 1 aromatic heterocycles. The lowest BCUT2D eigenvalue weighted by atomic mass is 10.1. The summed E-state index contributed by atoms with van der Waals surface area (Å²) in [7, 11) is 1.65. The van der Waals surface area contributed by atoms with Crippen LogP contribution in [0.3, 0.4) is 0 Å². The van der Waals surface area contributed by atoms with E-state index in [1.807, 2.05) is 0 Å². The monoisotopic (exact) mass is 195 g/mol. The number of aryl methyl sites for hydroxylation is 1. The largest absolute Gasteiger partial charge is 0.477 e. The molecular weight excluding hydrogens is 182 g/mol. The Bertz CT molecular complexity index is 353. The zero-order chi connectivity index (χ0) is 10.1. The van der Waals surface area contributed by atoms with Crippen molar-refractivity contribution in [2.45, 2.75) is 18.9 Å². The number of aromatic carboxylic acids is 1. The van der Waals surface area contributed by atoms with Crippen LogP contribution in [-0.2, 0) is 7.05 Å². The molecule has 1 aliphatic rings. The van der Waals surface area contributed by atoms with Gasteiger partial charge in [0.1, 0.15) is 5.69 Å². The standard InChI is InChI=1S/C9H13N3O2/c1-12-8(9(13)14)5-7(11-12)6-3-2-4-10-6/h5-6,10H,2-4H2,1H3,(H,13,14). The van der Waals surface area contributed by atoms with Crippen molar-refractivity contribution >= 4 is 5.97 Å². The average molecular weight is 195 g/mol. The van der Waals surface area contributed by atoms with E-state index in [0.717, 1.165) is 25.1 Å². The van der Waals surface area contributed by atoms with Crippen LogP contribution in [0.15, 0.2) is 6.07 Å². The van der Waals surface area contributed by atoms with Gasteiger partial charge in [-0.15, -0.1) is 0 Å². The highest BCUT2D eigenvalue weighted by molar-refractivity contribution is 5.85.